The summed E-state index contributed by atoms with van der Waals surface area (Å²) in [5, 5.41) is 30.9. The van der Waals surface area contributed by atoms with Gasteiger partial charge in [-0.25, -0.2) is 0 Å². The van der Waals surface area contributed by atoms with Crippen LogP contribution in [0.4, 0.5) is 0 Å². The Labute approximate surface area is 213 Å². The molecule has 3 unspecified atom stereocenters. The Hall–Kier alpha value is -2.06. The number of rotatable bonds is 15. The first-order valence-electron chi connectivity index (χ1n) is 11.6. The number of hydrogen-bond donors (Lipinski definition) is 0. The first-order valence-corrected chi connectivity index (χ1v) is 11.6. The fourth-order valence-electron chi connectivity index (χ4n) is 2.84. The quantitative estimate of drug-likeness (QED) is 0.216. The van der Waals surface area contributed by atoms with Crippen LogP contribution in [0.3, 0.4) is 0 Å². The molecule has 3 atom stereocenters. The molecule has 0 aromatic rings. The first kappa shape index (κ1) is 39.2. The van der Waals surface area contributed by atoms with Gasteiger partial charge in [0.05, 0.1) is 35.7 Å². The number of aliphatic carboxylic acids is 3. The van der Waals surface area contributed by atoms with Gasteiger partial charge in [-0.1, -0.05) is 41.5 Å². The molecule has 0 fully saturated rings. The van der Waals surface area contributed by atoms with E-state index in [1.54, 1.807) is 20.8 Å². The fourth-order valence-corrected chi connectivity index (χ4v) is 2.84. The van der Waals surface area contributed by atoms with Crippen molar-refractivity contribution in [2.45, 2.75) is 99.3 Å². The molecule has 0 heterocycles. The molecule has 0 saturated heterocycles. The van der Waals surface area contributed by atoms with E-state index in [1.807, 2.05) is 20.8 Å². The van der Waals surface area contributed by atoms with Crippen molar-refractivity contribution in [3.8, 4) is 0 Å². The van der Waals surface area contributed by atoms with E-state index in [0.29, 0.717) is 57.8 Å². The van der Waals surface area contributed by atoms with E-state index in [0.717, 1.165) is 0 Å². The number of carbonyl (C=O) groups is 6. The van der Waals surface area contributed by atoms with E-state index in [4.69, 9.17) is 0 Å². The summed E-state index contributed by atoms with van der Waals surface area (Å²) in [5.41, 5.74) is 0. The van der Waals surface area contributed by atoms with Crippen molar-refractivity contribution >= 4 is 35.3 Å². The van der Waals surface area contributed by atoms with E-state index in [1.165, 1.54) is 0 Å². The zero-order valence-electron chi connectivity index (χ0n) is 21.1. The molecule has 0 amide bonds. The number of carboxylic acid groups (broad SMARTS) is 3. The second-order valence-electron chi connectivity index (χ2n) is 7.49. The number of Topliss-reactive ketones (excluding diaryl/α,β-unsaturated/α-hetero) is 3. The Balaban J connectivity index is -0.000000196. The summed E-state index contributed by atoms with van der Waals surface area (Å²) < 4.78 is 0. The topological polar surface area (TPSA) is 172 Å². The number of carboxylic acids is 3. The Morgan fingerprint density at radius 1 is 0.471 bits per heavy atom. The minimum absolute atomic E-state index is 0. The summed E-state index contributed by atoms with van der Waals surface area (Å²) in [6.07, 6.45) is 4.11. The molecule has 0 N–H and O–H groups in total. The molecule has 0 saturated carbocycles. The molecule has 0 aliphatic rings. The monoisotopic (exact) mass is 527 g/mol. The van der Waals surface area contributed by atoms with Gasteiger partial charge < -0.3 is 29.7 Å². The largest absolute Gasteiger partial charge is 3.00 e. The van der Waals surface area contributed by atoms with Crippen molar-refractivity contribution in [3.63, 3.8) is 0 Å². The van der Waals surface area contributed by atoms with E-state index in [-0.39, 0.29) is 34.4 Å². The summed E-state index contributed by atoms with van der Waals surface area (Å²) in [6.45, 7) is 10.6. The second-order valence-corrected chi connectivity index (χ2v) is 7.49. The van der Waals surface area contributed by atoms with E-state index in [9.17, 15) is 44.1 Å². The van der Waals surface area contributed by atoms with Gasteiger partial charge in [-0.3, -0.25) is 14.4 Å². The van der Waals surface area contributed by atoms with Crippen LogP contribution in [0.2, 0.25) is 0 Å². The van der Waals surface area contributed by atoms with E-state index in [2.05, 4.69) is 0 Å². The molecule has 0 spiro atoms. The van der Waals surface area contributed by atoms with E-state index < -0.39 is 35.7 Å². The maximum absolute atomic E-state index is 11.0. The first-order chi connectivity index (χ1) is 15.4. The third-order valence-corrected chi connectivity index (χ3v) is 4.73. The Morgan fingerprint density at radius 3 is 0.735 bits per heavy atom. The van der Waals surface area contributed by atoms with Crippen LogP contribution in [0.1, 0.15) is 99.3 Å². The van der Waals surface area contributed by atoms with Gasteiger partial charge >= 0.3 is 17.1 Å². The zero-order chi connectivity index (χ0) is 26.6. The van der Waals surface area contributed by atoms with Gasteiger partial charge in [-0.15, -0.1) is 0 Å². The van der Waals surface area contributed by atoms with Crippen molar-refractivity contribution in [1.29, 1.82) is 0 Å². The van der Waals surface area contributed by atoms with Gasteiger partial charge in [0.2, 0.25) is 0 Å². The van der Waals surface area contributed by atoms with Gasteiger partial charge in [-0.05, 0) is 38.5 Å². The van der Waals surface area contributed by atoms with Crippen LogP contribution < -0.4 is 15.3 Å². The van der Waals surface area contributed by atoms with Crippen LogP contribution >= 0.6 is 0 Å². The SMILES string of the molecule is CCCC(=O)C(CC)C(=O)[O-].CCCC(=O)C(CC)C(=O)[O-].CCCC(=O)C(CC)C(=O)[O-].[Fe+3]. The van der Waals surface area contributed by atoms with Gasteiger partial charge in [0, 0.05) is 19.3 Å². The molecule has 0 aliphatic carbocycles. The van der Waals surface area contributed by atoms with Gasteiger partial charge in [0.25, 0.3) is 0 Å². The van der Waals surface area contributed by atoms with Crippen LogP contribution in [0.5, 0.6) is 0 Å². The van der Waals surface area contributed by atoms with Crippen molar-refractivity contribution in [3.05, 3.63) is 0 Å². The molecule has 0 aromatic heterocycles. The van der Waals surface area contributed by atoms with Crippen LogP contribution in [0.25, 0.3) is 0 Å². The molecule has 0 bridgehead atoms. The molecule has 0 aliphatic heterocycles. The van der Waals surface area contributed by atoms with Crippen LogP contribution in [-0.4, -0.2) is 35.3 Å². The Morgan fingerprint density at radius 2 is 0.647 bits per heavy atom. The van der Waals surface area contributed by atoms with Gasteiger partial charge in [0.1, 0.15) is 17.3 Å². The number of hydrogen-bond acceptors (Lipinski definition) is 9. The summed E-state index contributed by atoms with van der Waals surface area (Å²) in [6, 6.07) is 0. The maximum Gasteiger partial charge on any atom is 3.00 e. The molecular formula is C24H39FeO9. The molecule has 34 heavy (non-hydrogen) atoms. The molecule has 0 rings (SSSR count). The zero-order valence-corrected chi connectivity index (χ0v) is 22.2. The molecule has 9 nitrogen and oxygen atoms in total. The minimum atomic E-state index is -1.24. The summed E-state index contributed by atoms with van der Waals surface area (Å²) >= 11 is 0. The molecule has 1 radical (unpaired) electrons. The maximum atomic E-state index is 11.0. The summed E-state index contributed by atoms with van der Waals surface area (Å²) in [5.74, 6) is -7.05. The fraction of sp³-hybridized carbons (Fsp3) is 0.750. The van der Waals surface area contributed by atoms with Crippen molar-refractivity contribution in [1.82, 2.24) is 0 Å². The molecule has 10 heteroatoms. The number of ketones is 3. The standard InChI is InChI=1S/3C8H14O3.Fe/c3*1-3-5-7(9)6(4-2)8(10)11;/h3*6H,3-5H2,1-2H3,(H,10,11);/q;;;+3/p-3. The normalized spacial score (nSPS) is 12.2. The van der Waals surface area contributed by atoms with E-state index >= 15 is 0 Å². The third kappa shape index (κ3) is 18.4. The molecule has 197 valence electrons. The second kappa shape index (κ2) is 24.1. The minimum Gasteiger partial charge on any atom is -0.549 e. The summed E-state index contributed by atoms with van der Waals surface area (Å²) in [4.78, 5) is 63.9. The number of carbonyl (C=O) groups excluding carboxylic acids is 6. The van der Waals surface area contributed by atoms with Crippen molar-refractivity contribution in [2.24, 2.45) is 17.8 Å². The van der Waals surface area contributed by atoms with Crippen LogP contribution in [0.15, 0.2) is 0 Å². The van der Waals surface area contributed by atoms with Crippen molar-refractivity contribution < 1.29 is 61.2 Å². The van der Waals surface area contributed by atoms with Crippen molar-refractivity contribution in [2.75, 3.05) is 0 Å². The Kier molecular flexibility index (Phi) is 27.7. The summed E-state index contributed by atoms with van der Waals surface area (Å²) in [7, 11) is 0. The molecule has 0 aromatic carbocycles. The predicted molar refractivity (Wildman–Crippen MR) is 116 cm³/mol. The van der Waals surface area contributed by atoms with Crippen LogP contribution in [0, 0.1) is 17.8 Å². The Bertz CT molecular complexity index is 546. The van der Waals surface area contributed by atoms with Crippen LogP contribution in [-0.2, 0) is 45.8 Å². The average molecular weight is 527 g/mol. The smallest absolute Gasteiger partial charge is 0.549 e. The molecular weight excluding hydrogens is 488 g/mol. The third-order valence-electron chi connectivity index (χ3n) is 4.73. The predicted octanol–water partition coefficient (Wildman–Crippen LogP) is 0.393. The average Bonchev–Trinajstić information content (AvgIpc) is 2.70. The van der Waals surface area contributed by atoms with Gasteiger partial charge in [0.15, 0.2) is 0 Å². The van der Waals surface area contributed by atoms with Gasteiger partial charge in [-0.2, -0.15) is 0 Å².